The highest BCUT2D eigenvalue weighted by molar-refractivity contribution is 5.88. The number of carbonyl (C=O) groups is 1. The second kappa shape index (κ2) is 8.86. The molecule has 2 aromatic rings. The van der Waals surface area contributed by atoms with Gasteiger partial charge in [0.25, 0.3) is 0 Å². The molecule has 0 bridgehead atoms. The molecule has 1 saturated carbocycles. The number of rotatable bonds is 6. The van der Waals surface area contributed by atoms with Gasteiger partial charge in [-0.25, -0.2) is 4.79 Å². The highest BCUT2D eigenvalue weighted by Gasteiger charge is 2.55. The average molecular weight is 451 g/mol. The summed E-state index contributed by atoms with van der Waals surface area (Å²) in [5, 5.41) is 21.5. The standard InChI is InChI=1S/C28H34O5/c1-32-25(22-17-33-18-22)28(31)13-12-27(15-19-6-3-2-4-7-19)23(16-28)9-5-8-20-14-21(26(29)30)10-11-24(20)27/h2-4,6-7,10-11,14,22-23,25,31H,5,8-9,12-13,15-18H2,1H3,(H,29,30)/t23-,25?,27-,28+/m1/s1. The van der Waals surface area contributed by atoms with Gasteiger partial charge < -0.3 is 19.7 Å². The number of benzene rings is 2. The lowest BCUT2D eigenvalue weighted by molar-refractivity contribution is -0.199. The van der Waals surface area contributed by atoms with Gasteiger partial charge in [-0.2, -0.15) is 0 Å². The van der Waals surface area contributed by atoms with E-state index in [1.165, 1.54) is 11.1 Å². The molecule has 1 unspecified atom stereocenters. The lowest BCUT2D eigenvalue weighted by Gasteiger charge is -2.54. The minimum absolute atomic E-state index is 0.120. The summed E-state index contributed by atoms with van der Waals surface area (Å²) in [5.74, 6) is -0.329. The van der Waals surface area contributed by atoms with E-state index >= 15 is 0 Å². The van der Waals surface area contributed by atoms with Gasteiger partial charge in [0, 0.05) is 18.4 Å². The van der Waals surface area contributed by atoms with Crippen LogP contribution in [-0.2, 0) is 27.7 Å². The van der Waals surface area contributed by atoms with Crippen molar-refractivity contribution in [3.63, 3.8) is 0 Å². The fourth-order valence-corrected chi connectivity index (χ4v) is 6.88. The third kappa shape index (κ3) is 4.01. The number of aliphatic hydroxyl groups is 1. The third-order valence-corrected chi connectivity index (χ3v) is 8.51. The number of carboxylic acids is 1. The second-order valence-electron chi connectivity index (χ2n) is 10.3. The molecule has 2 aliphatic carbocycles. The molecule has 1 saturated heterocycles. The van der Waals surface area contributed by atoms with E-state index in [4.69, 9.17) is 9.47 Å². The van der Waals surface area contributed by atoms with Gasteiger partial charge in [-0.05, 0) is 79.7 Å². The molecule has 0 spiro atoms. The number of aryl methyl sites for hydroxylation is 1. The maximum Gasteiger partial charge on any atom is 0.335 e. The predicted molar refractivity (Wildman–Crippen MR) is 126 cm³/mol. The highest BCUT2D eigenvalue weighted by atomic mass is 16.5. The van der Waals surface area contributed by atoms with Gasteiger partial charge in [-0.3, -0.25) is 0 Å². The van der Waals surface area contributed by atoms with Crippen LogP contribution in [0.25, 0.3) is 0 Å². The van der Waals surface area contributed by atoms with Crippen molar-refractivity contribution in [1.82, 2.24) is 0 Å². The monoisotopic (exact) mass is 450 g/mol. The molecule has 2 N–H and O–H groups in total. The minimum Gasteiger partial charge on any atom is -0.478 e. The van der Waals surface area contributed by atoms with Crippen molar-refractivity contribution in [3.05, 3.63) is 70.8 Å². The summed E-state index contributed by atoms with van der Waals surface area (Å²) in [6, 6.07) is 16.3. The van der Waals surface area contributed by atoms with Crippen molar-refractivity contribution in [2.24, 2.45) is 11.8 Å². The van der Waals surface area contributed by atoms with Crippen LogP contribution in [-0.4, -0.2) is 48.2 Å². The smallest absolute Gasteiger partial charge is 0.335 e. The van der Waals surface area contributed by atoms with Gasteiger partial charge in [0.15, 0.2) is 0 Å². The van der Waals surface area contributed by atoms with E-state index < -0.39 is 11.6 Å². The minimum atomic E-state index is -0.876. The highest BCUT2D eigenvalue weighted by Crippen LogP contribution is 2.55. The van der Waals surface area contributed by atoms with Crippen LogP contribution in [0.5, 0.6) is 0 Å². The normalized spacial score (nSPS) is 30.4. The molecule has 2 fully saturated rings. The first kappa shape index (κ1) is 22.6. The second-order valence-corrected chi connectivity index (χ2v) is 10.3. The zero-order valence-electron chi connectivity index (χ0n) is 19.3. The van der Waals surface area contributed by atoms with Crippen molar-refractivity contribution >= 4 is 5.97 Å². The van der Waals surface area contributed by atoms with Gasteiger partial charge >= 0.3 is 5.97 Å². The number of methoxy groups -OCH3 is 1. The van der Waals surface area contributed by atoms with E-state index in [1.807, 2.05) is 12.1 Å². The Labute approximate surface area is 195 Å². The molecule has 5 nitrogen and oxygen atoms in total. The first-order chi connectivity index (χ1) is 15.9. The lowest BCUT2D eigenvalue weighted by Crippen LogP contribution is -2.59. The molecule has 1 heterocycles. The van der Waals surface area contributed by atoms with Gasteiger partial charge in [-0.1, -0.05) is 36.4 Å². The van der Waals surface area contributed by atoms with E-state index in [2.05, 4.69) is 30.3 Å². The Bertz CT molecular complexity index is 1000. The van der Waals surface area contributed by atoms with E-state index in [0.717, 1.165) is 37.7 Å². The van der Waals surface area contributed by atoms with Gasteiger partial charge in [0.05, 0.1) is 30.5 Å². The fraction of sp³-hybridized carbons (Fsp3) is 0.536. The molecule has 1 aliphatic heterocycles. The Morgan fingerprint density at radius 1 is 1.18 bits per heavy atom. The molecule has 4 atom stereocenters. The van der Waals surface area contributed by atoms with Gasteiger partial charge in [0.2, 0.25) is 0 Å². The Morgan fingerprint density at radius 2 is 1.97 bits per heavy atom. The van der Waals surface area contributed by atoms with Crippen molar-refractivity contribution < 1.29 is 24.5 Å². The van der Waals surface area contributed by atoms with Gasteiger partial charge in [0.1, 0.15) is 0 Å². The van der Waals surface area contributed by atoms with E-state index in [1.54, 1.807) is 13.2 Å². The Kier molecular flexibility index (Phi) is 6.06. The fourth-order valence-electron chi connectivity index (χ4n) is 6.88. The van der Waals surface area contributed by atoms with Gasteiger partial charge in [-0.15, -0.1) is 0 Å². The van der Waals surface area contributed by atoms with Crippen molar-refractivity contribution in [3.8, 4) is 0 Å². The summed E-state index contributed by atoms with van der Waals surface area (Å²) in [4.78, 5) is 11.7. The van der Waals surface area contributed by atoms with Crippen LogP contribution in [0.3, 0.4) is 0 Å². The van der Waals surface area contributed by atoms with Crippen molar-refractivity contribution in [1.29, 1.82) is 0 Å². The molecule has 176 valence electrons. The Morgan fingerprint density at radius 3 is 2.64 bits per heavy atom. The molecule has 33 heavy (non-hydrogen) atoms. The van der Waals surface area contributed by atoms with Crippen LogP contribution in [0.15, 0.2) is 48.5 Å². The summed E-state index contributed by atoms with van der Waals surface area (Å²) in [6.45, 7) is 1.31. The summed E-state index contributed by atoms with van der Waals surface area (Å²) in [7, 11) is 1.71. The van der Waals surface area contributed by atoms with E-state index in [-0.39, 0.29) is 17.4 Å². The quantitative estimate of drug-likeness (QED) is 0.683. The summed E-state index contributed by atoms with van der Waals surface area (Å²) in [5.41, 5.74) is 3.11. The maximum absolute atomic E-state index is 11.9. The summed E-state index contributed by atoms with van der Waals surface area (Å²) < 4.78 is 11.3. The van der Waals surface area contributed by atoms with Crippen LogP contribution in [0, 0.1) is 11.8 Å². The van der Waals surface area contributed by atoms with Crippen LogP contribution in [0.4, 0.5) is 0 Å². The van der Waals surface area contributed by atoms with Crippen molar-refractivity contribution in [2.75, 3.05) is 20.3 Å². The number of hydrogen-bond donors (Lipinski definition) is 2. The molecular formula is C28H34O5. The lowest BCUT2D eigenvalue weighted by atomic mass is 9.54. The first-order valence-corrected chi connectivity index (χ1v) is 12.2. The Hall–Kier alpha value is -2.21. The predicted octanol–water partition coefficient (Wildman–Crippen LogP) is 4.39. The largest absolute Gasteiger partial charge is 0.478 e. The Balaban J connectivity index is 1.56. The van der Waals surface area contributed by atoms with Crippen LogP contribution < -0.4 is 0 Å². The zero-order chi connectivity index (χ0) is 23.1. The molecule has 2 aromatic carbocycles. The number of carboxylic acid groups (broad SMARTS) is 1. The molecular weight excluding hydrogens is 416 g/mol. The summed E-state index contributed by atoms with van der Waals surface area (Å²) >= 11 is 0. The molecule has 5 heteroatoms. The summed E-state index contributed by atoms with van der Waals surface area (Å²) in [6.07, 6.45) is 5.82. The molecule has 0 aromatic heterocycles. The number of ether oxygens (including phenoxy) is 2. The molecule has 5 rings (SSSR count). The molecule has 3 aliphatic rings. The molecule has 0 radical (unpaired) electrons. The number of hydrogen-bond acceptors (Lipinski definition) is 4. The first-order valence-electron chi connectivity index (χ1n) is 12.2. The third-order valence-electron chi connectivity index (χ3n) is 8.51. The SMILES string of the molecule is COC(C1COC1)[C@]1(O)CC[C@]2(Cc3ccccc3)c3ccc(C(=O)O)cc3CCC[C@@H]2C1. The van der Waals surface area contributed by atoms with Crippen LogP contribution >= 0.6 is 0 Å². The van der Waals surface area contributed by atoms with Crippen LogP contribution in [0.1, 0.15) is 59.2 Å². The van der Waals surface area contributed by atoms with Crippen molar-refractivity contribution in [2.45, 2.75) is 62.1 Å². The van der Waals surface area contributed by atoms with Crippen LogP contribution in [0.2, 0.25) is 0 Å². The zero-order valence-corrected chi connectivity index (χ0v) is 19.3. The van der Waals surface area contributed by atoms with E-state index in [9.17, 15) is 15.0 Å². The number of fused-ring (bicyclic) bond motifs is 3. The number of aromatic carboxylic acids is 1. The molecule has 0 amide bonds. The topological polar surface area (TPSA) is 76.0 Å². The maximum atomic E-state index is 11.9. The average Bonchev–Trinajstić information content (AvgIpc) is 2.93. The van der Waals surface area contributed by atoms with E-state index in [0.29, 0.717) is 37.5 Å².